The highest BCUT2D eigenvalue weighted by Gasteiger charge is 2.23. The zero-order valence-corrected chi connectivity index (χ0v) is 12.4. The maximum Gasteiger partial charge on any atom is 0.0543 e. The van der Waals surface area contributed by atoms with E-state index < -0.39 is 0 Å². The molecule has 110 valence electrons. The molecule has 3 unspecified atom stereocenters. The summed E-state index contributed by atoms with van der Waals surface area (Å²) in [4.78, 5) is 0. The average Bonchev–Trinajstić information content (AvgIpc) is 2.67. The molecular weight excluding hydrogens is 246 g/mol. The maximum atomic E-state index is 9.79. The van der Waals surface area contributed by atoms with E-state index in [4.69, 9.17) is 0 Å². The van der Waals surface area contributed by atoms with Crippen LogP contribution in [0.5, 0.6) is 0 Å². The number of nitrogens with one attached hydrogen (secondary N) is 1. The highest BCUT2D eigenvalue weighted by molar-refractivity contribution is 5.31. The van der Waals surface area contributed by atoms with Crippen molar-refractivity contribution >= 4 is 0 Å². The summed E-state index contributed by atoms with van der Waals surface area (Å²) in [6.07, 6.45) is 9.52. The SMILES string of the molecule is OC1CCCC(CNC2CCCCc3ccccc32)C1. The first-order valence-corrected chi connectivity index (χ1v) is 8.32. The van der Waals surface area contributed by atoms with Gasteiger partial charge >= 0.3 is 0 Å². The van der Waals surface area contributed by atoms with Crippen LogP contribution in [0.4, 0.5) is 0 Å². The van der Waals surface area contributed by atoms with Crippen LogP contribution in [0.25, 0.3) is 0 Å². The monoisotopic (exact) mass is 273 g/mol. The van der Waals surface area contributed by atoms with E-state index in [0.717, 1.165) is 19.4 Å². The van der Waals surface area contributed by atoms with Gasteiger partial charge in [-0.1, -0.05) is 37.1 Å². The van der Waals surface area contributed by atoms with Gasteiger partial charge in [0.05, 0.1) is 6.10 Å². The highest BCUT2D eigenvalue weighted by Crippen LogP contribution is 2.30. The molecule has 3 atom stereocenters. The van der Waals surface area contributed by atoms with Crippen molar-refractivity contribution in [1.82, 2.24) is 5.32 Å². The summed E-state index contributed by atoms with van der Waals surface area (Å²) in [5.41, 5.74) is 3.05. The molecular formula is C18H27NO. The summed E-state index contributed by atoms with van der Waals surface area (Å²) in [6.45, 7) is 1.07. The van der Waals surface area contributed by atoms with Gasteiger partial charge in [0.2, 0.25) is 0 Å². The lowest BCUT2D eigenvalue weighted by atomic mass is 9.87. The molecule has 2 N–H and O–H groups in total. The second-order valence-corrected chi connectivity index (χ2v) is 6.59. The molecule has 1 aromatic carbocycles. The first kappa shape index (κ1) is 14.1. The van der Waals surface area contributed by atoms with Crippen LogP contribution < -0.4 is 5.32 Å². The first-order chi connectivity index (χ1) is 9.83. The van der Waals surface area contributed by atoms with Gasteiger partial charge in [-0.25, -0.2) is 0 Å². The molecule has 2 aliphatic rings. The molecule has 0 bridgehead atoms. The van der Waals surface area contributed by atoms with Crippen LogP contribution in [0, 0.1) is 5.92 Å². The van der Waals surface area contributed by atoms with Crippen molar-refractivity contribution in [3.05, 3.63) is 35.4 Å². The number of aliphatic hydroxyl groups is 1. The molecule has 0 saturated heterocycles. The zero-order chi connectivity index (χ0) is 13.8. The third kappa shape index (κ3) is 3.42. The second kappa shape index (κ2) is 6.73. The molecule has 0 aromatic heterocycles. The highest BCUT2D eigenvalue weighted by atomic mass is 16.3. The van der Waals surface area contributed by atoms with Crippen LogP contribution in [0.1, 0.15) is 62.1 Å². The van der Waals surface area contributed by atoms with Gasteiger partial charge in [0, 0.05) is 6.04 Å². The van der Waals surface area contributed by atoms with Crippen molar-refractivity contribution in [2.24, 2.45) is 5.92 Å². The Hall–Kier alpha value is -0.860. The normalized spacial score (nSPS) is 30.6. The van der Waals surface area contributed by atoms with Gasteiger partial charge in [0.1, 0.15) is 0 Å². The van der Waals surface area contributed by atoms with Crippen LogP contribution in [-0.2, 0) is 6.42 Å². The fraction of sp³-hybridized carbons (Fsp3) is 0.667. The molecule has 2 nitrogen and oxygen atoms in total. The third-order valence-electron chi connectivity index (χ3n) is 5.03. The summed E-state index contributed by atoms with van der Waals surface area (Å²) < 4.78 is 0. The quantitative estimate of drug-likeness (QED) is 0.825. The van der Waals surface area contributed by atoms with Gasteiger partial charge in [-0.3, -0.25) is 0 Å². The van der Waals surface area contributed by atoms with Crippen LogP contribution in [0.2, 0.25) is 0 Å². The number of aliphatic hydroxyl groups excluding tert-OH is 1. The Labute approximate surface area is 122 Å². The molecule has 20 heavy (non-hydrogen) atoms. The third-order valence-corrected chi connectivity index (χ3v) is 5.03. The van der Waals surface area contributed by atoms with Gasteiger partial charge in [0.15, 0.2) is 0 Å². The Bertz CT molecular complexity index is 431. The molecule has 0 amide bonds. The largest absolute Gasteiger partial charge is 0.393 e. The van der Waals surface area contributed by atoms with E-state index in [0.29, 0.717) is 12.0 Å². The predicted octanol–water partition coefficient (Wildman–Crippen LogP) is 3.59. The molecule has 0 heterocycles. The van der Waals surface area contributed by atoms with Crippen molar-refractivity contribution in [3.8, 4) is 0 Å². The molecule has 0 spiro atoms. The molecule has 2 aliphatic carbocycles. The number of benzene rings is 1. The number of hydrogen-bond donors (Lipinski definition) is 2. The van der Waals surface area contributed by atoms with E-state index in [1.54, 1.807) is 0 Å². The van der Waals surface area contributed by atoms with Crippen molar-refractivity contribution in [2.45, 2.75) is 63.5 Å². The maximum absolute atomic E-state index is 9.79. The standard InChI is InChI=1S/C18H27NO/c20-16-9-5-6-14(12-16)13-19-18-11-4-2-8-15-7-1-3-10-17(15)18/h1,3,7,10,14,16,18-20H,2,4-6,8-9,11-13H2. The molecule has 1 saturated carbocycles. The summed E-state index contributed by atoms with van der Waals surface area (Å²) in [5.74, 6) is 0.661. The van der Waals surface area contributed by atoms with Gasteiger partial charge < -0.3 is 10.4 Å². The first-order valence-electron chi connectivity index (χ1n) is 8.32. The van der Waals surface area contributed by atoms with E-state index in [9.17, 15) is 5.11 Å². The van der Waals surface area contributed by atoms with Crippen LogP contribution in [-0.4, -0.2) is 17.8 Å². The summed E-state index contributed by atoms with van der Waals surface area (Å²) in [5, 5.41) is 13.6. The average molecular weight is 273 g/mol. The Morgan fingerprint density at radius 3 is 2.85 bits per heavy atom. The van der Waals surface area contributed by atoms with Gasteiger partial charge in [-0.2, -0.15) is 0 Å². The van der Waals surface area contributed by atoms with E-state index >= 15 is 0 Å². The lowest BCUT2D eigenvalue weighted by molar-refractivity contribution is 0.0994. The fourth-order valence-electron chi connectivity index (χ4n) is 3.89. The number of hydrogen-bond acceptors (Lipinski definition) is 2. The van der Waals surface area contributed by atoms with Crippen molar-refractivity contribution < 1.29 is 5.11 Å². The lowest BCUT2D eigenvalue weighted by Gasteiger charge is -2.28. The fourth-order valence-corrected chi connectivity index (χ4v) is 3.89. The topological polar surface area (TPSA) is 32.3 Å². The number of rotatable bonds is 3. The Balaban J connectivity index is 1.62. The van der Waals surface area contributed by atoms with Crippen molar-refractivity contribution in [2.75, 3.05) is 6.54 Å². The Morgan fingerprint density at radius 2 is 1.95 bits per heavy atom. The van der Waals surface area contributed by atoms with Crippen LogP contribution >= 0.6 is 0 Å². The number of fused-ring (bicyclic) bond motifs is 1. The summed E-state index contributed by atoms with van der Waals surface area (Å²) in [7, 11) is 0. The molecule has 0 aliphatic heterocycles. The van der Waals surface area contributed by atoms with Gasteiger partial charge in [-0.15, -0.1) is 0 Å². The molecule has 3 rings (SSSR count). The van der Waals surface area contributed by atoms with Crippen LogP contribution in [0.15, 0.2) is 24.3 Å². The molecule has 2 heteroatoms. The van der Waals surface area contributed by atoms with Crippen molar-refractivity contribution in [1.29, 1.82) is 0 Å². The van der Waals surface area contributed by atoms with Gasteiger partial charge in [0.25, 0.3) is 0 Å². The van der Waals surface area contributed by atoms with E-state index in [-0.39, 0.29) is 6.10 Å². The smallest absolute Gasteiger partial charge is 0.0543 e. The summed E-state index contributed by atoms with van der Waals surface area (Å²) in [6, 6.07) is 9.45. The molecule has 1 aromatic rings. The van der Waals surface area contributed by atoms with E-state index in [2.05, 4.69) is 29.6 Å². The molecule has 1 fully saturated rings. The predicted molar refractivity (Wildman–Crippen MR) is 82.7 cm³/mol. The van der Waals surface area contributed by atoms with E-state index in [1.807, 2.05) is 0 Å². The van der Waals surface area contributed by atoms with E-state index in [1.165, 1.54) is 49.7 Å². The minimum absolute atomic E-state index is 0.0584. The zero-order valence-electron chi connectivity index (χ0n) is 12.4. The lowest BCUT2D eigenvalue weighted by Crippen LogP contribution is -2.31. The number of aryl methyl sites for hydroxylation is 1. The minimum atomic E-state index is -0.0584. The van der Waals surface area contributed by atoms with Crippen molar-refractivity contribution in [3.63, 3.8) is 0 Å². The van der Waals surface area contributed by atoms with Gasteiger partial charge in [-0.05, 0) is 62.1 Å². The summed E-state index contributed by atoms with van der Waals surface area (Å²) >= 11 is 0. The Kier molecular flexibility index (Phi) is 4.74. The Morgan fingerprint density at radius 1 is 1.05 bits per heavy atom. The second-order valence-electron chi connectivity index (χ2n) is 6.59. The van der Waals surface area contributed by atoms with Crippen LogP contribution in [0.3, 0.4) is 0 Å². The minimum Gasteiger partial charge on any atom is -0.393 e. The molecule has 0 radical (unpaired) electrons.